The van der Waals surface area contributed by atoms with Gasteiger partial charge in [0.25, 0.3) is 0 Å². The van der Waals surface area contributed by atoms with E-state index >= 15 is 4.39 Å². The summed E-state index contributed by atoms with van der Waals surface area (Å²) in [7, 11) is -23.3. The standard InChI is InChI=1S/C26H24F6O7S3/c1-20(2)24(33)37-18-19-38-25(34)26(27,42(28,29,30,31)32)41(35,36)39-40(21-12-6-3-7-13-21,22-14-8-4-9-15-22)23-16-10-5-11-17-23/h3-17H,1,18-19H2,2H3. The molecule has 3 aromatic carbocycles. The van der Waals surface area contributed by atoms with Crippen LogP contribution < -0.4 is 0 Å². The third-order valence-corrected chi connectivity index (χ3v) is 13.2. The van der Waals surface area contributed by atoms with Crippen LogP contribution in [0.25, 0.3) is 0 Å². The predicted molar refractivity (Wildman–Crippen MR) is 145 cm³/mol. The molecule has 1 unspecified atom stereocenters. The molecule has 0 aromatic heterocycles. The number of hydrogen-bond acceptors (Lipinski definition) is 7. The molecule has 3 aromatic rings. The first kappa shape index (κ1) is 33.0. The summed E-state index contributed by atoms with van der Waals surface area (Å²) in [6.45, 7) is 1.99. The van der Waals surface area contributed by atoms with Gasteiger partial charge in [-0.1, -0.05) is 80.6 Å². The fourth-order valence-electron chi connectivity index (χ4n) is 3.47. The molecule has 0 heterocycles. The Labute approximate surface area is 239 Å². The smallest absolute Gasteiger partial charge is 0.459 e. The lowest BCUT2D eigenvalue weighted by atomic mass is 10.4. The van der Waals surface area contributed by atoms with Crippen molar-refractivity contribution < 1.29 is 54.9 Å². The second kappa shape index (κ2) is 11.0. The van der Waals surface area contributed by atoms with E-state index in [1.807, 2.05) is 0 Å². The van der Waals surface area contributed by atoms with Crippen molar-refractivity contribution in [1.29, 1.82) is 0 Å². The Morgan fingerprint density at radius 2 is 1.10 bits per heavy atom. The molecule has 0 aliphatic rings. The lowest BCUT2D eigenvalue weighted by molar-refractivity contribution is -0.154. The van der Waals surface area contributed by atoms with Crippen molar-refractivity contribution in [3.05, 3.63) is 103 Å². The molecule has 0 saturated carbocycles. The van der Waals surface area contributed by atoms with Crippen molar-refractivity contribution in [3.63, 3.8) is 0 Å². The van der Waals surface area contributed by atoms with Crippen LogP contribution in [0.3, 0.4) is 0 Å². The molecule has 16 heteroatoms. The minimum atomic E-state index is -12.0. The number of hydrogen-bond donors (Lipinski definition) is 0. The second-order valence-corrected chi connectivity index (χ2v) is 15.9. The molecule has 230 valence electrons. The van der Waals surface area contributed by atoms with E-state index in [4.69, 9.17) is 3.63 Å². The number of carbonyl (C=O) groups excluding carboxylic acids is 2. The maximum absolute atomic E-state index is 15.9. The van der Waals surface area contributed by atoms with E-state index in [1.165, 1.54) is 97.9 Å². The number of carbonyl (C=O) groups is 2. The molecule has 0 aliphatic carbocycles. The van der Waals surface area contributed by atoms with E-state index in [1.54, 1.807) is 0 Å². The number of esters is 2. The molecule has 7 nitrogen and oxygen atoms in total. The van der Waals surface area contributed by atoms with Crippen molar-refractivity contribution in [2.45, 2.75) is 25.9 Å². The Morgan fingerprint density at radius 3 is 1.43 bits per heavy atom. The van der Waals surface area contributed by atoms with Gasteiger partial charge >= 0.3 is 36.6 Å². The van der Waals surface area contributed by atoms with Gasteiger partial charge in [-0.3, -0.25) is 0 Å². The largest absolute Gasteiger partial charge is 0.464 e. The molecular formula is C26H24F6O7S3. The summed E-state index contributed by atoms with van der Waals surface area (Å²) >= 11 is 0. The predicted octanol–water partition coefficient (Wildman–Crippen LogP) is 7.81. The third-order valence-electron chi connectivity index (χ3n) is 5.38. The van der Waals surface area contributed by atoms with Gasteiger partial charge < -0.3 is 9.47 Å². The van der Waals surface area contributed by atoms with Crippen LogP contribution >= 0.6 is 20.5 Å². The number of halogens is 6. The van der Waals surface area contributed by atoms with E-state index in [0.717, 1.165) is 0 Å². The average molecular weight is 659 g/mol. The highest BCUT2D eigenvalue weighted by molar-refractivity contribution is 8.51. The van der Waals surface area contributed by atoms with Gasteiger partial charge in [0.15, 0.2) is 0 Å². The topological polar surface area (TPSA) is 96.0 Å². The zero-order valence-corrected chi connectivity index (χ0v) is 24.1. The number of alkyl halides is 1. The summed E-state index contributed by atoms with van der Waals surface area (Å²) in [6, 6.07) is 20.1. The van der Waals surface area contributed by atoms with Crippen LogP contribution in [0.15, 0.2) is 118 Å². The van der Waals surface area contributed by atoms with Crippen molar-refractivity contribution in [1.82, 2.24) is 0 Å². The summed E-state index contributed by atoms with van der Waals surface area (Å²) in [5.74, 6) is -4.61. The molecule has 0 spiro atoms. The number of ether oxygens (including phenoxy) is 2. The van der Waals surface area contributed by atoms with Crippen LogP contribution in [-0.4, -0.2) is 37.9 Å². The summed E-state index contributed by atoms with van der Waals surface area (Å²) in [6.07, 6.45) is 0. The third kappa shape index (κ3) is 6.30. The molecule has 0 amide bonds. The maximum atomic E-state index is 15.9. The zero-order valence-electron chi connectivity index (χ0n) is 21.6. The molecule has 0 saturated heterocycles. The number of rotatable bonds is 12. The normalized spacial score (nSPS) is 15.8. The highest BCUT2D eigenvalue weighted by Crippen LogP contribution is 3.05. The van der Waals surface area contributed by atoms with Gasteiger partial charge in [0, 0.05) is 20.3 Å². The lowest BCUT2D eigenvalue weighted by Gasteiger charge is -2.49. The van der Waals surface area contributed by atoms with Gasteiger partial charge in [0.2, 0.25) is 0 Å². The van der Waals surface area contributed by atoms with Crippen LogP contribution in [-0.2, 0) is 32.8 Å². The van der Waals surface area contributed by atoms with Crippen molar-refractivity contribution >= 4 is 42.6 Å². The summed E-state index contributed by atoms with van der Waals surface area (Å²) < 4.78 is 121. The van der Waals surface area contributed by atoms with E-state index < -0.39 is 60.1 Å². The minimum Gasteiger partial charge on any atom is -0.459 e. The van der Waals surface area contributed by atoms with Crippen molar-refractivity contribution in [2.75, 3.05) is 13.2 Å². The first-order chi connectivity index (χ1) is 19.3. The van der Waals surface area contributed by atoms with Crippen LogP contribution in [0, 0.1) is 0 Å². The fraction of sp³-hybridized carbons (Fsp3) is 0.154. The average Bonchev–Trinajstić information content (AvgIpc) is 2.93. The number of benzene rings is 3. The molecule has 0 aliphatic heterocycles. The summed E-state index contributed by atoms with van der Waals surface area (Å²) in [5.41, 5.74) is -0.175. The molecule has 1 atom stereocenters. The second-order valence-electron chi connectivity index (χ2n) is 8.57. The quantitative estimate of drug-likeness (QED) is 0.0848. The van der Waals surface area contributed by atoms with E-state index in [0.29, 0.717) is 0 Å². The summed E-state index contributed by atoms with van der Waals surface area (Å²) in [5, 5.41) is 0. The van der Waals surface area contributed by atoms with Crippen LogP contribution in [0.2, 0.25) is 0 Å². The van der Waals surface area contributed by atoms with Gasteiger partial charge in [-0.25, -0.2) is 13.2 Å². The first-order valence-electron chi connectivity index (χ1n) is 11.6. The van der Waals surface area contributed by atoms with Crippen LogP contribution in [0.1, 0.15) is 6.92 Å². The summed E-state index contributed by atoms with van der Waals surface area (Å²) in [4.78, 5) is 23.5. The van der Waals surface area contributed by atoms with Crippen LogP contribution in [0.5, 0.6) is 0 Å². The molecule has 0 radical (unpaired) electrons. The van der Waals surface area contributed by atoms with Gasteiger partial charge in [-0.2, -0.15) is 12.8 Å². The van der Waals surface area contributed by atoms with E-state index in [9.17, 15) is 37.4 Å². The Hall–Kier alpha value is -3.47. The first-order valence-corrected chi connectivity index (χ1v) is 16.5. The highest BCUT2D eigenvalue weighted by Gasteiger charge is 2.92. The highest BCUT2D eigenvalue weighted by atomic mass is 32.5. The molecular weight excluding hydrogens is 634 g/mol. The Bertz CT molecular complexity index is 1480. The zero-order chi connectivity index (χ0) is 31.5. The Kier molecular flexibility index (Phi) is 8.64. The fourth-order valence-corrected chi connectivity index (χ4v) is 10.7. The monoisotopic (exact) mass is 658 g/mol. The van der Waals surface area contributed by atoms with Gasteiger partial charge in [-0.15, -0.1) is 0 Å². The maximum Gasteiger partial charge on any atom is 0.464 e. The molecule has 0 fully saturated rings. The SMILES string of the molecule is C=C(C)C(=O)OCCOC(=O)C(F)(S(=O)(=O)OS(c1ccccc1)(c1ccccc1)c1ccccc1)S(F)(F)(F)(F)F. The molecule has 42 heavy (non-hydrogen) atoms. The van der Waals surface area contributed by atoms with Crippen LogP contribution in [0.4, 0.5) is 23.8 Å². The Balaban J connectivity index is 2.24. The minimum absolute atomic E-state index is 0.129. The van der Waals surface area contributed by atoms with Gasteiger partial charge in [0.1, 0.15) is 13.2 Å². The lowest BCUT2D eigenvalue weighted by Crippen LogP contribution is -2.53. The molecule has 3 rings (SSSR count). The van der Waals surface area contributed by atoms with Crippen molar-refractivity contribution in [2.24, 2.45) is 0 Å². The Morgan fingerprint density at radius 1 is 0.738 bits per heavy atom. The van der Waals surface area contributed by atoms with Gasteiger partial charge in [-0.05, 0) is 53.6 Å². The van der Waals surface area contributed by atoms with Gasteiger partial charge in [0.05, 0.1) is 0 Å². The van der Waals surface area contributed by atoms with Crippen molar-refractivity contribution in [3.8, 4) is 0 Å². The molecule has 0 bridgehead atoms. The van der Waals surface area contributed by atoms with E-state index in [-0.39, 0.29) is 20.3 Å². The van der Waals surface area contributed by atoms with E-state index in [2.05, 4.69) is 16.1 Å². The molecule has 0 N–H and O–H groups in total.